The summed E-state index contributed by atoms with van der Waals surface area (Å²) in [5, 5.41) is 29.3. The summed E-state index contributed by atoms with van der Waals surface area (Å²) in [5.74, 6) is -4.29. The van der Waals surface area contributed by atoms with Crippen molar-refractivity contribution in [1.29, 1.82) is 0 Å². The molecule has 0 bridgehead atoms. The average Bonchev–Trinajstić information content (AvgIpc) is 3.22. The molecule has 1 aromatic heterocycles. The van der Waals surface area contributed by atoms with Crippen LogP contribution in [0.15, 0.2) is 24.7 Å². The van der Waals surface area contributed by atoms with E-state index in [0.29, 0.717) is 31.4 Å². The number of aromatic amines is 1. The van der Waals surface area contributed by atoms with E-state index in [9.17, 15) is 29.1 Å². The molecule has 0 aromatic carbocycles. The van der Waals surface area contributed by atoms with Crippen molar-refractivity contribution in [3.05, 3.63) is 36.1 Å². The summed E-state index contributed by atoms with van der Waals surface area (Å²) in [6.07, 6.45) is 4.60. The number of aromatic nitrogens is 2. The Morgan fingerprint density at radius 3 is 2.09 bits per heavy atom. The van der Waals surface area contributed by atoms with Gasteiger partial charge in [-0.1, -0.05) is 12.6 Å². The number of nitrogens with one attached hydrogen (secondary N) is 3. The fourth-order valence-corrected chi connectivity index (χ4v) is 2.66. The van der Waals surface area contributed by atoms with Gasteiger partial charge in [0.1, 0.15) is 11.8 Å². The van der Waals surface area contributed by atoms with E-state index in [2.05, 4.69) is 21.9 Å². The van der Waals surface area contributed by atoms with Gasteiger partial charge >= 0.3 is 34.4 Å². The van der Waals surface area contributed by atoms with E-state index < -0.39 is 43.1 Å². The van der Waals surface area contributed by atoms with Gasteiger partial charge in [0.25, 0.3) is 0 Å². The second-order valence-electron chi connectivity index (χ2n) is 7.51. The van der Waals surface area contributed by atoms with Gasteiger partial charge in [-0.3, -0.25) is 24.1 Å². The maximum absolute atomic E-state index is 11.3. The Balaban J connectivity index is 0. The molecule has 6 N–H and O–H groups in total. The molecule has 1 aromatic rings. The molecule has 13 nitrogen and oxygen atoms in total. The second-order valence-corrected chi connectivity index (χ2v) is 7.51. The molecule has 0 saturated carbocycles. The molecule has 0 aliphatic rings. The second kappa shape index (κ2) is 18.3. The van der Waals surface area contributed by atoms with Crippen LogP contribution in [0, 0.1) is 0 Å². The first-order valence-electron chi connectivity index (χ1n) is 10.4. The van der Waals surface area contributed by atoms with Gasteiger partial charge in [-0.25, -0.2) is 4.98 Å². The minimum atomic E-state index is -1.30. The maximum Gasteiger partial charge on any atom is 2.00 e. The molecule has 0 radical (unpaired) electrons. The molecule has 0 aliphatic carbocycles. The van der Waals surface area contributed by atoms with Gasteiger partial charge in [-0.05, 0) is 39.5 Å². The molecule has 1 heterocycles. The van der Waals surface area contributed by atoms with E-state index in [-0.39, 0.29) is 34.6 Å². The van der Waals surface area contributed by atoms with E-state index in [1.54, 1.807) is 19.4 Å². The van der Waals surface area contributed by atoms with Crippen molar-refractivity contribution in [1.82, 2.24) is 20.2 Å². The van der Waals surface area contributed by atoms with E-state index in [4.69, 9.17) is 15.9 Å². The topological polar surface area (TPSA) is 214 Å². The van der Waals surface area contributed by atoms with Crippen molar-refractivity contribution < 1.29 is 55.8 Å². The molecule has 1 amide bonds. The molecule has 198 valence electrons. The number of carbonyl (C=O) groups is 5. The predicted octanol–water partition coefficient (Wildman–Crippen LogP) is 0.733. The van der Waals surface area contributed by atoms with Crippen LogP contribution in [-0.2, 0) is 46.9 Å². The molecule has 2 atom stereocenters. The van der Waals surface area contributed by atoms with Crippen molar-refractivity contribution in [2.24, 2.45) is 0 Å². The number of imidazole rings is 1. The number of unbranched alkanes of at least 4 members (excludes halogenated alkanes) is 1. The van der Waals surface area contributed by atoms with Gasteiger partial charge < -0.3 is 36.1 Å². The molecule has 35 heavy (non-hydrogen) atoms. The Kier molecular flexibility index (Phi) is 17.8. The van der Waals surface area contributed by atoms with Crippen molar-refractivity contribution in [3.8, 4) is 0 Å². The number of amides is 1. The largest absolute Gasteiger partial charge is 2.00 e. The zero-order valence-corrected chi connectivity index (χ0v) is 20.5. The van der Waals surface area contributed by atoms with Crippen LogP contribution in [-0.4, -0.2) is 91.5 Å². The summed E-state index contributed by atoms with van der Waals surface area (Å²) in [5.41, 5.74) is 8.43. The molecule has 0 aliphatic heterocycles. The quantitative estimate of drug-likeness (QED) is 0.119. The van der Waals surface area contributed by atoms with E-state index in [1.807, 2.05) is 0 Å². The zero-order valence-electron chi connectivity index (χ0n) is 19.6. The fourth-order valence-electron chi connectivity index (χ4n) is 2.66. The first kappa shape index (κ1) is 34.1. The van der Waals surface area contributed by atoms with Crippen LogP contribution in [0.5, 0.6) is 0 Å². The Morgan fingerprint density at radius 1 is 1.11 bits per heavy atom. The third-order valence-corrected chi connectivity index (χ3v) is 4.44. The number of nitrogens with zero attached hydrogens (tertiary/aromatic N) is 2. The van der Waals surface area contributed by atoms with Gasteiger partial charge in [0.05, 0.1) is 25.1 Å². The number of hydrogen-bond donors (Lipinski definition) is 5. The molecule has 1 rings (SSSR count). The number of rotatable bonds is 15. The molecule has 0 spiro atoms. The Morgan fingerprint density at radius 2 is 1.69 bits per heavy atom. The minimum absolute atomic E-state index is 0. The van der Waals surface area contributed by atoms with Crippen LogP contribution >= 0.6 is 0 Å². The third-order valence-electron chi connectivity index (χ3n) is 4.44. The van der Waals surface area contributed by atoms with Gasteiger partial charge in [0, 0.05) is 18.3 Å². The first-order chi connectivity index (χ1) is 15.8. The van der Waals surface area contributed by atoms with E-state index in [1.165, 1.54) is 6.92 Å². The molecular formula is C21H32N5NiO8+. The standard InChI is InChI=1S/C14H22N2O7.C7H10N3O.Ni/c1-9(2)13(21)15-6-4-3-5-10(14(22)23)16(7-11(17)18)8-12(19)20;1-5(11)7(8)2-6-3-9-4-10-6;/h10H,1,3-8H2,2H3,(H,15,21)(H,17,18)(H,19,20)(H,22,23);3-4,7-8H,2H2,1H3,(H,9,10);/q;-1;+2/t10-;7-;/m00./s1. The van der Waals surface area contributed by atoms with Crippen molar-refractivity contribution in [2.75, 3.05) is 19.6 Å². The van der Waals surface area contributed by atoms with Crippen LogP contribution < -0.4 is 5.32 Å². The summed E-state index contributed by atoms with van der Waals surface area (Å²) in [6.45, 7) is 5.45. The number of ketones is 1. The van der Waals surface area contributed by atoms with Gasteiger partial charge in [0.15, 0.2) is 0 Å². The summed E-state index contributed by atoms with van der Waals surface area (Å²) in [6, 6.07) is -1.88. The van der Waals surface area contributed by atoms with Gasteiger partial charge in [0.2, 0.25) is 5.91 Å². The first-order valence-corrected chi connectivity index (χ1v) is 10.4. The summed E-state index contributed by atoms with van der Waals surface area (Å²) in [7, 11) is 0. The monoisotopic (exact) mass is 540 g/mol. The smallest absolute Gasteiger partial charge is 0.668 e. The summed E-state index contributed by atoms with van der Waals surface area (Å²) >= 11 is 0. The van der Waals surface area contributed by atoms with Crippen molar-refractivity contribution in [2.45, 2.75) is 51.6 Å². The van der Waals surface area contributed by atoms with Crippen LogP contribution in [0.3, 0.4) is 0 Å². The molecule has 0 unspecified atom stereocenters. The molecule has 14 heteroatoms. The Bertz CT molecular complexity index is 831. The number of H-pyrrole nitrogens is 1. The molecule has 0 fully saturated rings. The number of hydrogen-bond acceptors (Lipinski definition) is 7. The van der Waals surface area contributed by atoms with Crippen LogP contribution in [0.2, 0.25) is 0 Å². The summed E-state index contributed by atoms with van der Waals surface area (Å²) in [4.78, 5) is 62.2. The van der Waals surface area contributed by atoms with Crippen LogP contribution in [0.1, 0.15) is 38.8 Å². The number of Topliss-reactive ketones (excluding diaryl/α,β-unsaturated/α-hetero) is 1. The SMILES string of the molecule is C=C(C)C(=O)NCCCC[C@@H](C(=O)O)N(CC(=O)O)CC(=O)O.CC(=O)[C@@H]([NH-])Cc1c[nH]cn1.[Ni+2]. The average molecular weight is 541 g/mol. The van der Waals surface area contributed by atoms with Gasteiger partial charge in [-0.15, -0.1) is 0 Å². The van der Waals surface area contributed by atoms with E-state index >= 15 is 0 Å². The zero-order chi connectivity index (χ0) is 26.3. The Labute approximate surface area is 213 Å². The van der Waals surface area contributed by atoms with Crippen LogP contribution in [0.4, 0.5) is 0 Å². The van der Waals surface area contributed by atoms with Gasteiger partial charge in [-0.2, -0.15) is 0 Å². The molecular weight excluding hydrogens is 509 g/mol. The van der Waals surface area contributed by atoms with Crippen molar-refractivity contribution in [3.63, 3.8) is 0 Å². The van der Waals surface area contributed by atoms with E-state index in [0.717, 1.165) is 10.6 Å². The minimum Gasteiger partial charge on any atom is -0.668 e. The number of carboxylic acids is 3. The third kappa shape index (κ3) is 16.2. The molecule has 0 saturated heterocycles. The predicted molar refractivity (Wildman–Crippen MR) is 121 cm³/mol. The number of carbonyl (C=O) groups excluding carboxylic acids is 2. The fraction of sp³-hybridized carbons (Fsp3) is 0.524. The number of carboxylic acid groups (broad SMARTS) is 3. The normalized spacial score (nSPS) is 11.8. The van der Waals surface area contributed by atoms with Crippen molar-refractivity contribution >= 4 is 29.6 Å². The maximum atomic E-state index is 11.3. The summed E-state index contributed by atoms with van der Waals surface area (Å²) < 4.78 is 0. The van der Waals surface area contributed by atoms with Crippen LogP contribution in [0.25, 0.3) is 5.73 Å². The Hall–Kier alpha value is -3.09. The number of aliphatic carboxylic acids is 3.